The monoisotopic (exact) mass is 273 g/mol. The van der Waals surface area contributed by atoms with Gasteiger partial charge in [0.2, 0.25) is 0 Å². The average molecular weight is 273 g/mol. The zero-order valence-electron chi connectivity index (χ0n) is 11.1. The maximum Gasteiger partial charge on any atom is 0.265 e. The zero-order valence-corrected chi connectivity index (χ0v) is 11.9. The Morgan fingerprint density at radius 3 is 2.47 bits per heavy atom. The van der Waals surface area contributed by atoms with Crippen LogP contribution in [0.3, 0.4) is 0 Å². The number of thiophene rings is 1. The van der Waals surface area contributed by atoms with Crippen LogP contribution in [0.5, 0.6) is 0 Å². The molecule has 0 aliphatic heterocycles. The number of Topliss-reactive ketones (excluding diaryl/α,β-unsaturated/α-hetero) is 1. The van der Waals surface area contributed by atoms with Crippen LogP contribution in [0.25, 0.3) is 0 Å². The van der Waals surface area contributed by atoms with Crippen molar-refractivity contribution in [3.8, 4) is 0 Å². The van der Waals surface area contributed by atoms with Crippen LogP contribution in [-0.4, -0.2) is 11.7 Å². The molecule has 0 radical (unpaired) electrons. The van der Waals surface area contributed by atoms with Crippen LogP contribution in [0, 0.1) is 13.8 Å². The number of rotatable bonds is 3. The molecule has 0 saturated heterocycles. The van der Waals surface area contributed by atoms with E-state index >= 15 is 0 Å². The molecule has 4 heteroatoms. The van der Waals surface area contributed by atoms with Gasteiger partial charge in [0.25, 0.3) is 5.91 Å². The molecular formula is C15H15NO2S. The van der Waals surface area contributed by atoms with E-state index in [0.29, 0.717) is 16.1 Å². The Bertz CT molecular complexity index is 624. The minimum absolute atomic E-state index is 0.0149. The van der Waals surface area contributed by atoms with E-state index in [0.717, 1.165) is 10.4 Å². The van der Waals surface area contributed by atoms with Gasteiger partial charge in [-0.25, -0.2) is 0 Å². The van der Waals surface area contributed by atoms with Crippen molar-refractivity contribution in [1.29, 1.82) is 0 Å². The quantitative estimate of drug-likeness (QED) is 0.864. The fraction of sp³-hybridized carbons (Fsp3) is 0.200. The smallest absolute Gasteiger partial charge is 0.265 e. The standard InChI is InChI=1S/C15H15NO2S/c1-9-7-14(19-11(9)3)15(18)16-13-6-4-5-12(8-13)10(2)17/h4-8H,1-3H3,(H,16,18). The summed E-state index contributed by atoms with van der Waals surface area (Å²) in [6, 6.07) is 8.84. The highest BCUT2D eigenvalue weighted by atomic mass is 32.1. The molecular weight excluding hydrogens is 258 g/mol. The summed E-state index contributed by atoms with van der Waals surface area (Å²) >= 11 is 1.47. The molecule has 0 aliphatic rings. The minimum atomic E-state index is -0.137. The number of nitrogens with one attached hydrogen (secondary N) is 1. The molecule has 0 saturated carbocycles. The van der Waals surface area contributed by atoms with Crippen molar-refractivity contribution in [2.45, 2.75) is 20.8 Å². The molecule has 2 rings (SSSR count). The number of benzene rings is 1. The molecule has 0 atom stereocenters. The predicted octanol–water partition coefficient (Wildman–Crippen LogP) is 3.82. The third-order valence-corrected chi connectivity index (χ3v) is 4.07. The van der Waals surface area contributed by atoms with E-state index in [2.05, 4.69) is 5.32 Å². The van der Waals surface area contributed by atoms with Crippen molar-refractivity contribution in [2.24, 2.45) is 0 Å². The average Bonchev–Trinajstić information content (AvgIpc) is 2.70. The normalized spacial score (nSPS) is 10.3. The van der Waals surface area contributed by atoms with Crippen molar-refractivity contribution in [3.05, 3.63) is 51.2 Å². The van der Waals surface area contributed by atoms with Crippen molar-refractivity contribution in [3.63, 3.8) is 0 Å². The Kier molecular flexibility index (Phi) is 3.81. The van der Waals surface area contributed by atoms with E-state index in [9.17, 15) is 9.59 Å². The van der Waals surface area contributed by atoms with Crippen LogP contribution in [0.1, 0.15) is 37.4 Å². The second-order valence-corrected chi connectivity index (χ2v) is 5.70. The second kappa shape index (κ2) is 5.36. The molecule has 3 nitrogen and oxygen atoms in total. The molecule has 0 fully saturated rings. The van der Waals surface area contributed by atoms with E-state index in [4.69, 9.17) is 0 Å². The summed E-state index contributed by atoms with van der Waals surface area (Å²) in [6.07, 6.45) is 0. The van der Waals surface area contributed by atoms with Gasteiger partial charge in [-0.2, -0.15) is 0 Å². The molecule has 0 unspecified atom stereocenters. The highest BCUT2D eigenvalue weighted by Gasteiger charge is 2.11. The lowest BCUT2D eigenvalue weighted by atomic mass is 10.1. The molecule has 1 heterocycles. The Balaban J connectivity index is 2.19. The summed E-state index contributed by atoms with van der Waals surface area (Å²) in [5.74, 6) is -0.152. The highest BCUT2D eigenvalue weighted by Crippen LogP contribution is 2.22. The molecule has 0 aliphatic carbocycles. The maximum atomic E-state index is 12.1. The second-order valence-electron chi connectivity index (χ2n) is 4.44. The lowest BCUT2D eigenvalue weighted by molar-refractivity contribution is 0.101. The molecule has 1 aromatic carbocycles. The molecule has 0 spiro atoms. The number of amides is 1. The van der Waals surface area contributed by atoms with Crippen molar-refractivity contribution < 1.29 is 9.59 Å². The van der Waals surface area contributed by atoms with Crippen molar-refractivity contribution in [2.75, 3.05) is 5.32 Å². The Labute approximate surface area is 116 Å². The molecule has 19 heavy (non-hydrogen) atoms. The van der Waals surface area contributed by atoms with Crippen LogP contribution in [-0.2, 0) is 0 Å². The van der Waals surface area contributed by atoms with Crippen LogP contribution in [0.2, 0.25) is 0 Å². The van der Waals surface area contributed by atoms with E-state index in [1.54, 1.807) is 24.3 Å². The summed E-state index contributed by atoms with van der Waals surface area (Å²) in [5, 5.41) is 2.81. The Hall–Kier alpha value is -1.94. The lowest BCUT2D eigenvalue weighted by Crippen LogP contribution is -2.10. The van der Waals surface area contributed by atoms with Gasteiger partial charge < -0.3 is 5.32 Å². The van der Waals surface area contributed by atoms with Crippen LogP contribution < -0.4 is 5.32 Å². The van der Waals surface area contributed by atoms with Gasteiger partial charge in [-0.05, 0) is 44.5 Å². The third kappa shape index (κ3) is 3.09. The number of carbonyl (C=O) groups is 2. The first-order valence-corrected chi connectivity index (χ1v) is 6.78. The van der Waals surface area contributed by atoms with Crippen LogP contribution >= 0.6 is 11.3 Å². The topological polar surface area (TPSA) is 46.2 Å². The molecule has 1 N–H and O–H groups in total. The van der Waals surface area contributed by atoms with E-state index in [1.165, 1.54) is 18.3 Å². The largest absolute Gasteiger partial charge is 0.321 e. The van der Waals surface area contributed by atoms with E-state index in [1.807, 2.05) is 19.9 Å². The lowest BCUT2D eigenvalue weighted by Gasteiger charge is -2.04. The van der Waals surface area contributed by atoms with Gasteiger partial charge in [0.05, 0.1) is 4.88 Å². The number of hydrogen-bond donors (Lipinski definition) is 1. The van der Waals surface area contributed by atoms with E-state index < -0.39 is 0 Å². The fourth-order valence-corrected chi connectivity index (χ4v) is 2.62. The summed E-state index contributed by atoms with van der Waals surface area (Å²) < 4.78 is 0. The first-order chi connectivity index (χ1) is 8.97. The van der Waals surface area contributed by atoms with Crippen LogP contribution in [0.4, 0.5) is 5.69 Å². The van der Waals surface area contributed by atoms with Gasteiger partial charge in [-0.15, -0.1) is 11.3 Å². The molecule has 1 aromatic heterocycles. The summed E-state index contributed by atoms with van der Waals surface area (Å²) in [5.41, 5.74) is 2.35. The molecule has 2 aromatic rings. The highest BCUT2D eigenvalue weighted by molar-refractivity contribution is 7.14. The molecule has 98 valence electrons. The van der Waals surface area contributed by atoms with E-state index in [-0.39, 0.29) is 11.7 Å². The summed E-state index contributed by atoms with van der Waals surface area (Å²) in [4.78, 5) is 25.2. The Morgan fingerprint density at radius 1 is 1.16 bits per heavy atom. The number of anilines is 1. The summed E-state index contributed by atoms with van der Waals surface area (Å²) in [7, 11) is 0. The third-order valence-electron chi connectivity index (χ3n) is 2.92. The first kappa shape index (κ1) is 13.5. The minimum Gasteiger partial charge on any atom is -0.321 e. The summed E-state index contributed by atoms with van der Waals surface area (Å²) in [6.45, 7) is 5.49. The first-order valence-electron chi connectivity index (χ1n) is 5.97. The zero-order chi connectivity index (χ0) is 14.0. The number of ketones is 1. The fourth-order valence-electron chi connectivity index (χ4n) is 1.69. The Morgan fingerprint density at radius 2 is 1.89 bits per heavy atom. The number of carbonyl (C=O) groups excluding carboxylic acids is 2. The number of hydrogen-bond acceptors (Lipinski definition) is 3. The van der Waals surface area contributed by atoms with Gasteiger partial charge >= 0.3 is 0 Å². The van der Waals surface area contributed by atoms with Gasteiger partial charge in [0.15, 0.2) is 5.78 Å². The SMILES string of the molecule is CC(=O)c1cccc(NC(=O)c2cc(C)c(C)s2)c1. The van der Waals surface area contributed by atoms with Gasteiger partial charge in [0, 0.05) is 16.1 Å². The molecule has 1 amide bonds. The van der Waals surface area contributed by atoms with Gasteiger partial charge in [-0.1, -0.05) is 12.1 Å². The van der Waals surface area contributed by atoms with Gasteiger partial charge in [-0.3, -0.25) is 9.59 Å². The predicted molar refractivity (Wildman–Crippen MR) is 78.2 cm³/mol. The van der Waals surface area contributed by atoms with Crippen LogP contribution in [0.15, 0.2) is 30.3 Å². The number of aryl methyl sites for hydroxylation is 2. The van der Waals surface area contributed by atoms with Crippen molar-refractivity contribution in [1.82, 2.24) is 0 Å². The molecule has 0 bridgehead atoms. The maximum absolute atomic E-state index is 12.1. The van der Waals surface area contributed by atoms with Crippen molar-refractivity contribution >= 4 is 28.7 Å². The van der Waals surface area contributed by atoms with Gasteiger partial charge in [0.1, 0.15) is 0 Å².